The van der Waals surface area contributed by atoms with Crippen LogP contribution in [0.4, 0.5) is 5.69 Å². The first kappa shape index (κ1) is 17.3. The van der Waals surface area contributed by atoms with Gasteiger partial charge >= 0.3 is 0 Å². The third-order valence-corrected chi connectivity index (χ3v) is 4.00. The van der Waals surface area contributed by atoms with E-state index < -0.39 is 5.41 Å². The van der Waals surface area contributed by atoms with Crippen LogP contribution in [-0.2, 0) is 14.3 Å². The highest BCUT2D eigenvalue weighted by Crippen LogP contribution is 2.21. The zero-order chi connectivity index (χ0) is 16.9. The largest absolute Gasteiger partial charge is 0.497 e. The number of carbonyl (C=O) groups excluding carboxylic acids is 2. The first-order valence-electron chi connectivity index (χ1n) is 7.79. The summed E-state index contributed by atoms with van der Waals surface area (Å²) < 4.78 is 10.5. The van der Waals surface area contributed by atoms with Gasteiger partial charge in [-0.2, -0.15) is 0 Å². The van der Waals surface area contributed by atoms with E-state index in [0.29, 0.717) is 18.0 Å². The summed E-state index contributed by atoms with van der Waals surface area (Å²) in [5, 5.41) is 5.56. The first-order valence-corrected chi connectivity index (χ1v) is 7.79. The lowest BCUT2D eigenvalue weighted by Crippen LogP contribution is -2.47. The quantitative estimate of drug-likeness (QED) is 0.786. The number of hydrogen-bond acceptors (Lipinski definition) is 4. The molecule has 1 aliphatic rings. The monoisotopic (exact) mass is 320 g/mol. The molecule has 0 saturated carbocycles. The molecule has 126 valence electrons. The summed E-state index contributed by atoms with van der Waals surface area (Å²) in [5.74, 6) is 0.0445. The average Bonchev–Trinajstić information content (AvgIpc) is 3.06. The third-order valence-electron chi connectivity index (χ3n) is 4.00. The van der Waals surface area contributed by atoms with Gasteiger partial charge in [0.15, 0.2) is 0 Å². The highest BCUT2D eigenvalue weighted by Gasteiger charge is 2.36. The van der Waals surface area contributed by atoms with Crippen molar-refractivity contribution in [2.24, 2.45) is 5.41 Å². The fourth-order valence-corrected chi connectivity index (χ4v) is 2.30. The molecule has 0 aliphatic carbocycles. The van der Waals surface area contributed by atoms with E-state index in [4.69, 9.17) is 9.47 Å². The van der Waals surface area contributed by atoms with Crippen molar-refractivity contribution in [1.82, 2.24) is 5.32 Å². The molecule has 1 unspecified atom stereocenters. The topological polar surface area (TPSA) is 76.7 Å². The van der Waals surface area contributed by atoms with E-state index in [1.807, 2.05) is 0 Å². The predicted molar refractivity (Wildman–Crippen MR) is 87.4 cm³/mol. The maximum Gasteiger partial charge on any atom is 0.239 e. The Hall–Kier alpha value is -2.08. The number of ether oxygens (including phenoxy) is 2. The van der Waals surface area contributed by atoms with Gasteiger partial charge < -0.3 is 20.1 Å². The van der Waals surface area contributed by atoms with E-state index in [-0.39, 0.29) is 17.9 Å². The van der Waals surface area contributed by atoms with Crippen LogP contribution in [0.15, 0.2) is 24.3 Å². The van der Waals surface area contributed by atoms with Crippen molar-refractivity contribution in [3.8, 4) is 5.75 Å². The summed E-state index contributed by atoms with van der Waals surface area (Å²) in [6, 6.07) is 6.97. The molecule has 1 aromatic carbocycles. The molecule has 23 heavy (non-hydrogen) atoms. The third kappa shape index (κ3) is 4.45. The summed E-state index contributed by atoms with van der Waals surface area (Å²) >= 11 is 0. The van der Waals surface area contributed by atoms with Crippen LogP contribution >= 0.6 is 0 Å². The van der Waals surface area contributed by atoms with E-state index in [9.17, 15) is 9.59 Å². The van der Waals surface area contributed by atoms with E-state index >= 15 is 0 Å². The Bertz CT molecular complexity index is 548. The molecule has 0 aromatic heterocycles. The molecule has 2 amide bonds. The second-order valence-electron chi connectivity index (χ2n) is 6.15. The van der Waals surface area contributed by atoms with Crippen LogP contribution in [0.5, 0.6) is 5.75 Å². The number of hydrogen-bond donors (Lipinski definition) is 2. The minimum atomic E-state index is -1.17. The molecule has 1 atom stereocenters. The Labute approximate surface area is 136 Å². The smallest absolute Gasteiger partial charge is 0.239 e. The van der Waals surface area contributed by atoms with Gasteiger partial charge in [0.2, 0.25) is 11.8 Å². The highest BCUT2D eigenvalue weighted by atomic mass is 16.5. The van der Waals surface area contributed by atoms with Gasteiger partial charge in [0, 0.05) is 18.8 Å². The van der Waals surface area contributed by atoms with Crippen LogP contribution in [0, 0.1) is 5.41 Å². The Morgan fingerprint density at radius 1 is 1.26 bits per heavy atom. The number of carbonyl (C=O) groups is 2. The summed E-state index contributed by atoms with van der Waals surface area (Å²) in [4.78, 5) is 24.7. The number of benzene rings is 1. The van der Waals surface area contributed by atoms with Gasteiger partial charge in [-0.15, -0.1) is 0 Å². The van der Waals surface area contributed by atoms with Gasteiger partial charge in [-0.1, -0.05) is 0 Å². The fourth-order valence-electron chi connectivity index (χ4n) is 2.30. The zero-order valence-electron chi connectivity index (χ0n) is 13.8. The number of nitrogens with one attached hydrogen (secondary N) is 2. The molecule has 1 heterocycles. The highest BCUT2D eigenvalue weighted by molar-refractivity contribution is 6.09. The molecular formula is C17H24N2O4. The molecule has 1 saturated heterocycles. The maximum absolute atomic E-state index is 12.4. The van der Waals surface area contributed by atoms with Crippen LogP contribution in [-0.4, -0.2) is 38.2 Å². The second kappa shape index (κ2) is 7.46. The number of anilines is 1. The molecule has 0 spiro atoms. The van der Waals surface area contributed by atoms with E-state index in [0.717, 1.165) is 19.4 Å². The van der Waals surface area contributed by atoms with Crippen LogP contribution in [0.3, 0.4) is 0 Å². The molecule has 0 bridgehead atoms. The Kier molecular flexibility index (Phi) is 5.60. The summed E-state index contributed by atoms with van der Waals surface area (Å²) in [7, 11) is 1.58. The van der Waals surface area contributed by atoms with Gasteiger partial charge in [-0.3, -0.25) is 9.59 Å². The van der Waals surface area contributed by atoms with E-state index in [1.165, 1.54) is 0 Å². The number of rotatable bonds is 6. The van der Waals surface area contributed by atoms with Crippen LogP contribution in [0.2, 0.25) is 0 Å². The van der Waals surface area contributed by atoms with Crippen LogP contribution in [0.25, 0.3) is 0 Å². The molecule has 6 nitrogen and oxygen atoms in total. The summed E-state index contributed by atoms with van der Waals surface area (Å²) in [5.41, 5.74) is -0.547. The van der Waals surface area contributed by atoms with Gasteiger partial charge in [-0.05, 0) is 51.0 Å². The number of methoxy groups -OCH3 is 1. The summed E-state index contributed by atoms with van der Waals surface area (Å²) in [6.07, 6.45) is 2.01. The molecule has 2 N–H and O–H groups in total. The molecule has 1 fully saturated rings. The standard InChI is InChI=1S/C17H24N2O4/c1-17(2,15(20)18-11-14-5-4-10-23-14)16(21)19-12-6-8-13(22-3)9-7-12/h6-9,14H,4-5,10-11H2,1-3H3,(H,18,20)(H,19,21). The number of amides is 2. The lowest BCUT2D eigenvalue weighted by molar-refractivity contribution is -0.138. The molecule has 0 radical (unpaired) electrons. The Morgan fingerprint density at radius 2 is 1.96 bits per heavy atom. The summed E-state index contributed by atoms with van der Waals surface area (Å²) in [6.45, 7) is 4.40. The maximum atomic E-state index is 12.4. The zero-order valence-corrected chi connectivity index (χ0v) is 13.8. The molecule has 6 heteroatoms. The normalized spacial score (nSPS) is 17.6. The van der Waals surface area contributed by atoms with Crippen molar-refractivity contribution in [1.29, 1.82) is 0 Å². The minimum Gasteiger partial charge on any atom is -0.497 e. The van der Waals surface area contributed by atoms with Gasteiger partial charge in [0.1, 0.15) is 11.2 Å². The first-order chi connectivity index (χ1) is 10.9. The molecule has 1 aromatic rings. The Morgan fingerprint density at radius 3 is 2.52 bits per heavy atom. The molecule has 2 rings (SSSR count). The van der Waals surface area contributed by atoms with Crippen molar-refractivity contribution in [3.05, 3.63) is 24.3 Å². The predicted octanol–water partition coefficient (Wildman–Crippen LogP) is 1.96. The van der Waals surface area contributed by atoms with Crippen molar-refractivity contribution in [3.63, 3.8) is 0 Å². The lowest BCUT2D eigenvalue weighted by Gasteiger charge is -2.23. The van der Waals surface area contributed by atoms with Crippen molar-refractivity contribution in [2.75, 3.05) is 25.6 Å². The van der Waals surface area contributed by atoms with Crippen molar-refractivity contribution >= 4 is 17.5 Å². The van der Waals surface area contributed by atoms with Gasteiger partial charge in [0.25, 0.3) is 0 Å². The molecular weight excluding hydrogens is 296 g/mol. The van der Waals surface area contributed by atoms with E-state index in [1.54, 1.807) is 45.2 Å². The average molecular weight is 320 g/mol. The second-order valence-corrected chi connectivity index (χ2v) is 6.15. The van der Waals surface area contributed by atoms with Gasteiger partial charge in [0.05, 0.1) is 13.2 Å². The van der Waals surface area contributed by atoms with Crippen LogP contribution < -0.4 is 15.4 Å². The Balaban J connectivity index is 1.90. The van der Waals surface area contributed by atoms with E-state index in [2.05, 4.69) is 10.6 Å². The fraction of sp³-hybridized carbons (Fsp3) is 0.529. The minimum absolute atomic E-state index is 0.0550. The van der Waals surface area contributed by atoms with Gasteiger partial charge in [-0.25, -0.2) is 0 Å². The molecule has 1 aliphatic heterocycles. The van der Waals surface area contributed by atoms with Crippen molar-refractivity contribution < 1.29 is 19.1 Å². The SMILES string of the molecule is COc1ccc(NC(=O)C(C)(C)C(=O)NCC2CCCO2)cc1. The lowest BCUT2D eigenvalue weighted by atomic mass is 9.91. The van der Waals surface area contributed by atoms with Crippen molar-refractivity contribution in [2.45, 2.75) is 32.8 Å². The van der Waals surface area contributed by atoms with Crippen LogP contribution in [0.1, 0.15) is 26.7 Å².